The fourth-order valence-corrected chi connectivity index (χ4v) is 2.46. The van der Waals surface area contributed by atoms with Crippen LogP contribution in [0.1, 0.15) is 5.56 Å². The third kappa shape index (κ3) is 2.85. The number of rotatable bonds is 3. The lowest BCUT2D eigenvalue weighted by Crippen LogP contribution is -2.53. The lowest BCUT2D eigenvalue weighted by Gasteiger charge is -2.27. The molecule has 6 nitrogen and oxygen atoms in total. The van der Waals surface area contributed by atoms with Gasteiger partial charge in [-0.15, -0.1) is 15.4 Å². The summed E-state index contributed by atoms with van der Waals surface area (Å²) < 4.78 is 34.7. The molecule has 0 saturated carbocycles. The highest BCUT2D eigenvalue weighted by Gasteiger charge is 2.43. The van der Waals surface area contributed by atoms with Crippen molar-refractivity contribution in [1.82, 2.24) is 10.2 Å². The number of ether oxygens (including phenoxy) is 2. The minimum atomic E-state index is -3.74. The van der Waals surface area contributed by atoms with E-state index in [0.717, 1.165) is 4.90 Å². The Hall–Kier alpha value is -2.81. The lowest BCUT2D eigenvalue weighted by molar-refractivity contribution is -0.286. The van der Waals surface area contributed by atoms with Crippen LogP contribution in [0.25, 0.3) is 6.08 Å². The number of carbonyl (C=O) groups excluding carboxylic acids is 2. The van der Waals surface area contributed by atoms with Gasteiger partial charge < -0.3 is 9.47 Å². The maximum Gasteiger partial charge on any atom is 0.586 e. The zero-order chi connectivity index (χ0) is 17.5. The molecule has 2 amide bonds. The monoisotopic (exact) mass is 352 g/mol. The van der Waals surface area contributed by atoms with Crippen LogP contribution in [-0.4, -0.2) is 34.7 Å². The van der Waals surface area contributed by atoms with Crippen LogP contribution in [0.3, 0.4) is 0 Å². The number of nitrogens with one attached hydrogen (secondary N) is 1. The fourth-order valence-electron chi connectivity index (χ4n) is 2.21. The Kier molecular flexibility index (Phi) is 3.80. The van der Waals surface area contributed by atoms with Crippen LogP contribution in [-0.2, 0) is 9.59 Å². The van der Waals surface area contributed by atoms with E-state index in [-0.39, 0.29) is 28.7 Å². The number of alkyl halides is 2. The van der Waals surface area contributed by atoms with Gasteiger partial charge in [0.1, 0.15) is 5.57 Å². The maximum absolute atomic E-state index is 13.0. The van der Waals surface area contributed by atoms with E-state index >= 15 is 0 Å². The smallest absolute Gasteiger partial charge is 0.395 e. The van der Waals surface area contributed by atoms with Crippen LogP contribution in [0.15, 0.2) is 36.4 Å². The first-order valence-electron chi connectivity index (χ1n) is 6.70. The van der Waals surface area contributed by atoms with Crippen molar-refractivity contribution in [2.45, 2.75) is 6.29 Å². The second kappa shape index (κ2) is 5.68. The van der Waals surface area contributed by atoms with Crippen LogP contribution in [0, 0.1) is 0 Å². The first-order valence-corrected chi connectivity index (χ1v) is 7.11. The molecule has 124 valence electrons. The molecule has 0 bridgehead atoms. The van der Waals surface area contributed by atoms with E-state index in [0.29, 0.717) is 5.56 Å². The summed E-state index contributed by atoms with van der Waals surface area (Å²) in [5, 5.41) is 2.36. The molecule has 9 heteroatoms. The summed E-state index contributed by atoms with van der Waals surface area (Å²) in [5.74, 6) is -1.59. The molecular formula is C15H10F2N2O4S. The Morgan fingerprint density at radius 2 is 2.00 bits per heavy atom. The molecule has 0 aromatic heterocycles. The Bertz CT molecular complexity index is 807. The molecule has 0 unspecified atom stereocenters. The second-order valence-corrected chi connectivity index (χ2v) is 5.28. The molecule has 1 aromatic carbocycles. The first kappa shape index (κ1) is 16.1. The molecule has 2 aliphatic rings. The lowest BCUT2D eigenvalue weighted by atomic mass is 10.1. The molecular weight excluding hydrogens is 342 g/mol. The number of nitrogens with zero attached hydrogens (tertiary/aromatic N) is 1. The molecule has 0 spiro atoms. The molecule has 1 saturated heterocycles. The van der Waals surface area contributed by atoms with Gasteiger partial charge in [0.2, 0.25) is 0 Å². The van der Waals surface area contributed by atoms with E-state index in [9.17, 15) is 18.4 Å². The number of carbonyl (C=O) groups is 2. The van der Waals surface area contributed by atoms with Crippen LogP contribution in [0.5, 0.6) is 11.5 Å². The van der Waals surface area contributed by atoms with E-state index in [1.807, 2.05) is 0 Å². The number of hydrogen-bond acceptors (Lipinski definition) is 5. The first-order chi connectivity index (χ1) is 11.3. The summed E-state index contributed by atoms with van der Waals surface area (Å²) in [6.45, 7) is 3.65. The van der Waals surface area contributed by atoms with Crippen molar-refractivity contribution in [3.05, 3.63) is 42.0 Å². The Balaban J connectivity index is 1.93. The molecule has 0 atom stereocenters. The van der Waals surface area contributed by atoms with E-state index in [2.05, 4.69) is 21.4 Å². The summed E-state index contributed by atoms with van der Waals surface area (Å²) in [7, 11) is 0. The number of fused-ring (bicyclic) bond motifs is 1. The van der Waals surface area contributed by atoms with Gasteiger partial charge in [-0.2, -0.15) is 0 Å². The summed E-state index contributed by atoms with van der Waals surface area (Å²) in [6, 6.07) is 3.93. The molecule has 0 aliphatic carbocycles. The van der Waals surface area contributed by atoms with Crippen LogP contribution in [0.4, 0.5) is 8.78 Å². The van der Waals surface area contributed by atoms with Crippen molar-refractivity contribution in [1.29, 1.82) is 0 Å². The Morgan fingerprint density at radius 3 is 2.71 bits per heavy atom. The zero-order valence-electron chi connectivity index (χ0n) is 12.0. The van der Waals surface area contributed by atoms with Gasteiger partial charge in [0.05, 0.1) is 0 Å². The largest absolute Gasteiger partial charge is 0.586 e. The quantitative estimate of drug-likeness (QED) is 0.389. The number of thiocarbonyl (C=S) groups is 1. The number of halogens is 2. The van der Waals surface area contributed by atoms with Gasteiger partial charge in [-0.3, -0.25) is 19.8 Å². The van der Waals surface area contributed by atoms with E-state index in [1.165, 1.54) is 30.4 Å². The number of benzene rings is 1. The van der Waals surface area contributed by atoms with Crippen molar-refractivity contribution >= 4 is 35.2 Å². The van der Waals surface area contributed by atoms with Gasteiger partial charge in [0.15, 0.2) is 16.6 Å². The predicted molar refractivity (Wildman–Crippen MR) is 83.3 cm³/mol. The van der Waals surface area contributed by atoms with Crippen molar-refractivity contribution in [2.24, 2.45) is 0 Å². The highest BCUT2D eigenvalue weighted by atomic mass is 32.1. The van der Waals surface area contributed by atoms with Crippen molar-refractivity contribution < 1.29 is 27.8 Å². The molecule has 0 radical (unpaired) electrons. The van der Waals surface area contributed by atoms with E-state index < -0.39 is 18.1 Å². The van der Waals surface area contributed by atoms with Crippen molar-refractivity contribution in [2.75, 3.05) is 6.54 Å². The highest BCUT2D eigenvalue weighted by molar-refractivity contribution is 7.80. The molecule has 2 heterocycles. The molecule has 2 aliphatic heterocycles. The van der Waals surface area contributed by atoms with Gasteiger partial charge >= 0.3 is 6.29 Å². The van der Waals surface area contributed by atoms with Gasteiger partial charge in [-0.05, 0) is 36.0 Å². The molecule has 24 heavy (non-hydrogen) atoms. The van der Waals surface area contributed by atoms with Crippen LogP contribution < -0.4 is 14.8 Å². The topological polar surface area (TPSA) is 67.9 Å². The summed E-state index contributed by atoms with van der Waals surface area (Å²) in [5.41, 5.74) is 0.135. The molecule has 1 fully saturated rings. The standard InChI is InChI=1S/C15H10F2N2O4S/c1-2-5-19-13(21)9(12(20)18-14(19)24)6-8-3-4-10-11(7-8)23-15(16,17)22-10/h2-4,6-7H,1,5H2,(H,18,20,24)/b9-6+. The third-order valence-corrected chi connectivity index (χ3v) is 3.56. The van der Waals surface area contributed by atoms with Gasteiger partial charge in [-0.1, -0.05) is 12.1 Å². The summed E-state index contributed by atoms with van der Waals surface area (Å²) in [6.07, 6.45) is -1.02. The maximum atomic E-state index is 13.0. The normalized spacial score (nSPS) is 20.3. The van der Waals surface area contributed by atoms with Gasteiger partial charge in [0.25, 0.3) is 11.8 Å². The zero-order valence-corrected chi connectivity index (χ0v) is 12.9. The van der Waals surface area contributed by atoms with Gasteiger partial charge in [-0.25, -0.2) is 0 Å². The predicted octanol–water partition coefficient (Wildman–Crippen LogP) is 1.82. The second-order valence-electron chi connectivity index (χ2n) is 4.90. The Morgan fingerprint density at radius 1 is 1.29 bits per heavy atom. The van der Waals surface area contributed by atoms with Gasteiger partial charge in [0, 0.05) is 6.54 Å². The molecule has 3 rings (SSSR count). The third-order valence-electron chi connectivity index (χ3n) is 3.23. The Labute approximate surface area is 140 Å². The van der Waals surface area contributed by atoms with E-state index in [1.54, 1.807) is 0 Å². The average molecular weight is 352 g/mol. The minimum Gasteiger partial charge on any atom is -0.395 e. The van der Waals surface area contributed by atoms with E-state index in [4.69, 9.17) is 12.2 Å². The molecule has 1 N–H and O–H groups in total. The highest BCUT2D eigenvalue weighted by Crippen LogP contribution is 2.41. The average Bonchev–Trinajstić information content (AvgIpc) is 2.81. The summed E-state index contributed by atoms with van der Waals surface area (Å²) in [4.78, 5) is 25.5. The van der Waals surface area contributed by atoms with Crippen molar-refractivity contribution in [3.63, 3.8) is 0 Å². The fraction of sp³-hybridized carbons (Fsp3) is 0.133. The van der Waals surface area contributed by atoms with Crippen LogP contribution in [0.2, 0.25) is 0 Å². The van der Waals surface area contributed by atoms with Crippen molar-refractivity contribution in [3.8, 4) is 11.5 Å². The molecule has 1 aromatic rings. The SMILES string of the molecule is C=CCN1C(=O)/C(=C/c2ccc3c(c2)OC(F)(F)O3)C(=O)NC1=S. The summed E-state index contributed by atoms with van der Waals surface area (Å²) >= 11 is 4.93. The minimum absolute atomic E-state index is 0.0209. The number of hydrogen-bond donors (Lipinski definition) is 1. The van der Waals surface area contributed by atoms with Crippen LogP contribution >= 0.6 is 12.2 Å². The number of amides is 2.